The topological polar surface area (TPSA) is 174 Å². The van der Waals surface area contributed by atoms with Crippen LogP contribution in [-0.4, -0.2) is 49.8 Å². The fourth-order valence-electron chi connectivity index (χ4n) is 2.00. The van der Waals surface area contributed by atoms with Crippen molar-refractivity contribution in [1.82, 2.24) is 9.55 Å². The van der Waals surface area contributed by atoms with Crippen LogP contribution in [0.15, 0.2) is 27.0 Å². The van der Waals surface area contributed by atoms with Crippen molar-refractivity contribution in [2.45, 2.75) is 24.2 Å². The Morgan fingerprint density at radius 2 is 2.25 bits per heavy atom. The number of hydrogen-bond acceptors (Lipinski definition) is 7. The number of nitrogens with zero attached hydrogens (tertiary/aromatic N) is 4. The number of aliphatic hydroxyl groups excluding tert-OH is 3. The third kappa shape index (κ3) is 1.99. The van der Waals surface area contributed by atoms with Crippen LogP contribution in [-0.2, 0) is 10.6 Å². The van der Waals surface area contributed by atoms with Gasteiger partial charge in [0.25, 0.3) is 11.4 Å². The van der Waals surface area contributed by atoms with E-state index >= 15 is 0 Å². The lowest BCUT2D eigenvalue weighted by atomic mass is 10.1. The van der Waals surface area contributed by atoms with Gasteiger partial charge in [0.15, 0.2) is 0 Å². The molecule has 20 heavy (non-hydrogen) atoms. The Labute approximate surface area is 110 Å². The number of ether oxygens (including phenoxy) is 1. The highest BCUT2D eigenvalue weighted by Gasteiger charge is 2.55. The number of aromatic nitrogens is 2. The number of aliphatic hydroxyl groups is 3. The van der Waals surface area contributed by atoms with E-state index in [0.29, 0.717) is 4.57 Å². The van der Waals surface area contributed by atoms with Crippen LogP contribution in [0.4, 0.5) is 0 Å². The molecule has 2 heterocycles. The van der Waals surface area contributed by atoms with Gasteiger partial charge in [0, 0.05) is 17.2 Å². The molecule has 108 valence electrons. The van der Waals surface area contributed by atoms with Crippen molar-refractivity contribution in [2.24, 2.45) is 5.11 Å². The molecule has 1 aromatic heterocycles. The average Bonchev–Trinajstić information content (AvgIpc) is 2.65. The number of nitrogens with one attached hydrogen (secondary N) is 1. The lowest BCUT2D eigenvalue weighted by Gasteiger charge is -2.28. The molecule has 11 heteroatoms. The molecule has 0 aliphatic carbocycles. The van der Waals surface area contributed by atoms with Crippen molar-refractivity contribution in [3.63, 3.8) is 0 Å². The summed E-state index contributed by atoms with van der Waals surface area (Å²) in [5, 5.41) is 32.0. The van der Waals surface area contributed by atoms with Gasteiger partial charge in [0.05, 0.1) is 6.61 Å². The maximum atomic E-state index is 11.7. The second-order valence-corrected chi connectivity index (χ2v) is 4.10. The maximum absolute atomic E-state index is 11.7. The summed E-state index contributed by atoms with van der Waals surface area (Å²) >= 11 is 0. The van der Waals surface area contributed by atoms with Crippen molar-refractivity contribution in [3.05, 3.63) is 43.5 Å². The smallest absolute Gasteiger partial charge is 0.330 e. The Hall–Kier alpha value is -2.17. The van der Waals surface area contributed by atoms with Crippen molar-refractivity contribution in [2.75, 3.05) is 6.61 Å². The molecule has 11 nitrogen and oxygen atoms in total. The second-order valence-electron chi connectivity index (χ2n) is 4.10. The molecule has 1 aromatic rings. The fourth-order valence-corrected chi connectivity index (χ4v) is 2.00. The molecule has 0 bridgehead atoms. The SMILES string of the molecule is [N-]=[N+]=N[C@]1(n2ccc(=O)[nH]c2=O)O[C@@H](CO)C(O)C1O. The molecule has 2 unspecified atom stereocenters. The van der Waals surface area contributed by atoms with Crippen molar-refractivity contribution < 1.29 is 20.1 Å². The molecular weight excluding hydrogens is 274 g/mol. The van der Waals surface area contributed by atoms with E-state index in [1.807, 2.05) is 4.98 Å². The molecule has 2 rings (SSSR count). The molecule has 1 fully saturated rings. The van der Waals surface area contributed by atoms with Gasteiger partial charge in [-0.25, -0.2) is 4.79 Å². The van der Waals surface area contributed by atoms with Crippen molar-refractivity contribution in [1.29, 1.82) is 0 Å². The van der Waals surface area contributed by atoms with Gasteiger partial charge in [-0.05, 0) is 10.6 Å². The van der Waals surface area contributed by atoms with E-state index in [1.165, 1.54) is 0 Å². The van der Waals surface area contributed by atoms with Crippen LogP contribution in [0.5, 0.6) is 0 Å². The predicted octanol–water partition coefficient (Wildman–Crippen LogP) is -2.43. The Morgan fingerprint density at radius 1 is 1.55 bits per heavy atom. The third-order valence-corrected chi connectivity index (χ3v) is 2.95. The van der Waals surface area contributed by atoms with Crippen LogP contribution in [0.2, 0.25) is 0 Å². The summed E-state index contributed by atoms with van der Waals surface area (Å²) in [5.74, 6) is -2.29. The zero-order valence-corrected chi connectivity index (χ0v) is 9.95. The molecule has 0 aromatic carbocycles. The van der Waals surface area contributed by atoms with Gasteiger partial charge in [-0.2, -0.15) is 0 Å². The molecule has 0 saturated carbocycles. The van der Waals surface area contributed by atoms with Gasteiger partial charge in [0.2, 0.25) is 0 Å². The summed E-state index contributed by atoms with van der Waals surface area (Å²) in [4.78, 5) is 27.1. The van der Waals surface area contributed by atoms with E-state index in [-0.39, 0.29) is 0 Å². The summed E-state index contributed by atoms with van der Waals surface area (Å²) in [6.07, 6.45) is -3.69. The number of H-pyrrole nitrogens is 1. The molecule has 0 amide bonds. The Balaban J connectivity index is 2.65. The molecule has 1 aliphatic rings. The third-order valence-electron chi connectivity index (χ3n) is 2.95. The zero-order valence-electron chi connectivity index (χ0n) is 9.95. The average molecular weight is 285 g/mol. The normalized spacial score (nSPS) is 32.9. The number of azide groups is 1. The Morgan fingerprint density at radius 3 is 2.75 bits per heavy atom. The van der Waals surface area contributed by atoms with Crippen molar-refractivity contribution in [3.8, 4) is 0 Å². The summed E-state index contributed by atoms with van der Waals surface area (Å²) in [6.45, 7) is -0.668. The predicted molar refractivity (Wildman–Crippen MR) is 62.4 cm³/mol. The summed E-state index contributed by atoms with van der Waals surface area (Å²) in [6, 6.07) is 0.949. The van der Waals surface area contributed by atoms with Gasteiger partial charge in [-0.3, -0.25) is 14.3 Å². The first-order valence-corrected chi connectivity index (χ1v) is 5.50. The molecule has 4 atom stereocenters. The van der Waals surface area contributed by atoms with E-state index in [4.69, 9.17) is 15.4 Å². The van der Waals surface area contributed by atoms with Gasteiger partial charge in [0.1, 0.15) is 18.3 Å². The molecule has 0 radical (unpaired) electrons. The monoisotopic (exact) mass is 285 g/mol. The minimum atomic E-state index is -2.29. The number of rotatable bonds is 3. The highest BCUT2D eigenvalue weighted by atomic mass is 16.6. The summed E-state index contributed by atoms with van der Waals surface area (Å²) in [5.41, 5.74) is 6.89. The van der Waals surface area contributed by atoms with Crippen LogP contribution >= 0.6 is 0 Å². The first kappa shape index (κ1) is 14.2. The van der Waals surface area contributed by atoms with Crippen LogP contribution in [0.3, 0.4) is 0 Å². The van der Waals surface area contributed by atoms with E-state index in [1.54, 1.807) is 0 Å². The lowest BCUT2D eigenvalue weighted by molar-refractivity contribution is -0.145. The maximum Gasteiger partial charge on any atom is 0.330 e. The van der Waals surface area contributed by atoms with Crippen molar-refractivity contribution >= 4 is 0 Å². The first-order valence-electron chi connectivity index (χ1n) is 5.50. The van der Waals surface area contributed by atoms with E-state index in [9.17, 15) is 19.8 Å². The van der Waals surface area contributed by atoms with Crippen LogP contribution in [0.25, 0.3) is 10.4 Å². The fraction of sp³-hybridized carbons (Fsp3) is 0.556. The zero-order chi connectivity index (χ0) is 14.9. The van der Waals surface area contributed by atoms with Crippen LogP contribution in [0.1, 0.15) is 0 Å². The summed E-state index contributed by atoms with van der Waals surface area (Å²) in [7, 11) is 0. The Kier molecular flexibility index (Phi) is 3.61. The molecule has 4 N–H and O–H groups in total. The van der Waals surface area contributed by atoms with Gasteiger partial charge in [-0.15, -0.1) is 0 Å². The molecule has 0 spiro atoms. The summed E-state index contributed by atoms with van der Waals surface area (Å²) < 4.78 is 5.78. The molecule has 1 saturated heterocycles. The minimum Gasteiger partial charge on any atom is -0.394 e. The number of aromatic amines is 1. The van der Waals surface area contributed by atoms with Crippen LogP contribution in [0, 0.1) is 0 Å². The molecule has 1 aliphatic heterocycles. The van der Waals surface area contributed by atoms with E-state index in [0.717, 1.165) is 12.3 Å². The lowest BCUT2D eigenvalue weighted by Crippen LogP contribution is -2.50. The number of hydrogen-bond donors (Lipinski definition) is 4. The van der Waals surface area contributed by atoms with Crippen LogP contribution < -0.4 is 11.2 Å². The van der Waals surface area contributed by atoms with E-state index in [2.05, 4.69) is 10.0 Å². The first-order chi connectivity index (χ1) is 9.46. The Bertz CT molecular complexity index is 663. The minimum absolute atomic E-state index is 0.637. The standard InChI is InChI=1S/C9H11N5O6/c10-13-12-9(7(18)6(17)4(3-15)20-9)14-2-1-5(16)11-8(14)19/h1-2,4,6-7,15,17-18H,3H2,(H,11,16,19)/t4-,6?,7?,9+/m0/s1. The largest absolute Gasteiger partial charge is 0.394 e. The second kappa shape index (κ2) is 5.07. The van der Waals surface area contributed by atoms with E-state index < -0.39 is 42.0 Å². The highest BCUT2D eigenvalue weighted by Crippen LogP contribution is 2.35. The highest BCUT2D eigenvalue weighted by molar-refractivity contribution is 5.00. The quantitative estimate of drug-likeness (QED) is 0.273. The van der Waals surface area contributed by atoms with Gasteiger partial charge < -0.3 is 20.1 Å². The van der Waals surface area contributed by atoms with Gasteiger partial charge >= 0.3 is 5.69 Å². The van der Waals surface area contributed by atoms with Gasteiger partial charge in [-0.1, -0.05) is 0 Å². The molecular formula is C9H11N5O6.